The third-order valence-corrected chi connectivity index (χ3v) is 5.04. The Morgan fingerprint density at radius 2 is 1.95 bits per heavy atom. The molecule has 0 spiro atoms. The van der Waals surface area contributed by atoms with Gasteiger partial charge in [-0.1, -0.05) is 23.7 Å². The van der Waals surface area contributed by atoms with Gasteiger partial charge in [0.05, 0.1) is 11.7 Å². The summed E-state index contributed by atoms with van der Waals surface area (Å²) in [6.45, 7) is 4.34. The third-order valence-electron chi connectivity index (χ3n) is 3.56. The number of hydrogen-bond acceptors (Lipinski definition) is 3. The van der Waals surface area contributed by atoms with Crippen molar-refractivity contribution in [3.05, 3.63) is 50.4 Å². The van der Waals surface area contributed by atoms with Crippen LogP contribution in [0.4, 0.5) is 0 Å². The molecule has 0 aliphatic heterocycles. The molecule has 0 radical (unpaired) electrons. The molecule has 4 heteroatoms. The van der Waals surface area contributed by atoms with Crippen molar-refractivity contribution >= 4 is 22.9 Å². The van der Waals surface area contributed by atoms with E-state index in [0.29, 0.717) is 6.04 Å². The zero-order chi connectivity index (χ0) is 14.1. The fraction of sp³-hybridized carbons (Fsp3) is 0.438. The number of aryl methyl sites for hydroxylation is 2. The summed E-state index contributed by atoms with van der Waals surface area (Å²) in [6.07, 6.45) is 3.60. The average Bonchev–Trinajstić information content (AvgIpc) is 2.97. The highest BCUT2D eigenvalue weighted by atomic mass is 35.5. The molecule has 1 heterocycles. The molecule has 2 nitrogen and oxygen atoms in total. The number of thiazole rings is 1. The summed E-state index contributed by atoms with van der Waals surface area (Å²) >= 11 is 7.86. The summed E-state index contributed by atoms with van der Waals surface area (Å²) in [7, 11) is 0. The molecule has 1 aromatic carbocycles. The molecule has 1 aliphatic carbocycles. The molecular weight excluding hydrogens is 288 g/mol. The van der Waals surface area contributed by atoms with E-state index in [0.717, 1.165) is 11.4 Å². The number of aromatic nitrogens is 1. The Hall–Kier alpha value is -0.900. The van der Waals surface area contributed by atoms with Crippen molar-refractivity contribution in [3.8, 4) is 0 Å². The van der Waals surface area contributed by atoms with E-state index in [1.165, 1.54) is 34.0 Å². The first-order valence-corrected chi connectivity index (χ1v) is 8.33. The van der Waals surface area contributed by atoms with Gasteiger partial charge in [-0.05, 0) is 50.8 Å². The van der Waals surface area contributed by atoms with E-state index >= 15 is 0 Å². The van der Waals surface area contributed by atoms with Crippen molar-refractivity contribution in [3.63, 3.8) is 0 Å². The Kier molecular flexibility index (Phi) is 4.11. The Balaban J connectivity index is 1.94. The first-order chi connectivity index (χ1) is 9.63. The van der Waals surface area contributed by atoms with Gasteiger partial charge in [0.15, 0.2) is 0 Å². The zero-order valence-corrected chi connectivity index (χ0v) is 13.4. The van der Waals surface area contributed by atoms with Crippen molar-refractivity contribution in [2.45, 2.75) is 45.2 Å². The van der Waals surface area contributed by atoms with Crippen molar-refractivity contribution in [1.82, 2.24) is 10.3 Å². The van der Waals surface area contributed by atoms with Gasteiger partial charge in [0.2, 0.25) is 0 Å². The molecule has 0 bridgehead atoms. The van der Waals surface area contributed by atoms with Gasteiger partial charge in [-0.3, -0.25) is 0 Å². The van der Waals surface area contributed by atoms with Crippen LogP contribution in [0.3, 0.4) is 0 Å². The standard InChI is InChI=1S/C16H19ClN2S/c1-10(2)18-15(11-6-8-12(17)9-7-11)16-19-13-4-3-5-14(13)20-16/h6-10,15,18H,3-5H2,1-2H3. The van der Waals surface area contributed by atoms with Crippen LogP contribution in [0.1, 0.15) is 47.5 Å². The van der Waals surface area contributed by atoms with E-state index in [4.69, 9.17) is 16.6 Å². The topological polar surface area (TPSA) is 24.9 Å². The van der Waals surface area contributed by atoms with Crippen molar-refractivity contribution in [2.24, 2.45) is 0 Å². The molecule has 3 rings (SSSR count). The number of fused-ring (bicyclic) bond motifs is 1. The predicted molar refractivity (Wildman–Crippen MR) is 85.7 cm³/mol. The minimum atomic E-state index is 0.169. The van der Waals surface area contributed by atoms with E-state index < -0.39 is 0 Å². The van der Waals surface area contributed by atoms with Crippen LogP contribution in [-0.2, 0) is 12.8 Å². The van der Waals surface area contributed by atoms with Crippen LogP contribution in [0.25, 0.3) is 0 Å². The highest BCUT2D eigenvalue weighted by Gasteiger charge is 2.23. The van der Waals surface area contributed by atoms with Crippen LogP contribution in [0.5, 0.6) is 0 Å². The molecule has 1 atom stereocenters. The molecule has 0 saturated heterocycles. The minimum absolute atomic E-state index is 0.169. The SMILES string of the molecule is CC(C)NC(c1ccc(Cl)cc1)c1nc2c(s1)CCC2. The normalized spacial score (nSPS) is 15.6. The fourth-order valence-electron chi connectivity index (χ4n) is 2.63. The van der Waals surface area contributed by atoms with Gasteiger partial charge in [-0.2, -0.15) is 0 Å². The average molecular weight is 307 g/mol. The first-order valence-electron chi connectivity index (χ1n) is 7.13. The number of benzene rings is 1. The van der Waals surface area contributed by atoms with Crippen LogP contribution < -0.4 is 5.32 Å². The molecule has 1 aromatic heterocycles. The maximum Gasteiger partial charge on any atom is 0.115 e. The summed E-state index contributed by atoms with van der Waals surface area (Å²) < 4.78 is 0. The molecule has 2 aromatic rings. The summed E-state index contributed by atoms with van der Waals surface area (Å²) in [5, 5.41) is 5.59. The van der Waals surface area contributed by atoms with E-state index in [-0.39, 0.29) is 6.04 Å². The second kappa shape index (κ2) is 5.84. The summed E-state index contributed by atoms with van der Waals surface area (Å²) in [4.78, 5) is 6.34. The third kappa shape index (κ3) is 2.90. The van der Waals surface area contributed by atoms with Crippen LogP contribution in [-0.4, -0.2) is 11.0 Å². The maximum atomic E-state index is 6.00. The van der Waals surface area contributed by atoms with Crippen molar-refractivity contribution in [1.29, 1.82) is 0 Å². The second-order valence-corrected chi connectivity index (χ2v) is 7.13. The lowest BCUT2D eigenvalue weighted by molar-refractivity contribution is 0.526. The number of halogens is 1. The maximum absolute atomic E-state index is 6.00. The summed E-state index contributed by atoms with van der Waals surface area (Å²) in [6, 6.07) is 8.67. The highest BCUT2D eigenvalue weighted by molar-refractivity contribution is 7.11. The lowest BCUT2D eigenvalue weighted by atomic mass is 10.1. The van der Waals surface area contributed by atoms with Gasteiger partial charge in [-0.15, -0.1) is 11.3 Å². The van der Waals surface area contributed by atoms with E-state index in [9.17, 15) is 0 Å². The molecular formula is C16H19ClN2S. The van der Waals surface area contributed by atoms with E-state index in [2.05, 4.69) is 31.3 Å². The quantitative estimate of drug-likeness (QED) is 0.907. The number of nitrogens with zero attached hydrogens (tertiary/aromatic N) is 1. The minimum Gasteiger partial charge on any atom is -0.302 e. The van der Waals surface area contributed by atoms with Gasteiger partial charge in [-0.25, -0.2) is 4.98 Å². The Bertz CT molecular complexity index is 568. The molecule has 106 valence electrons. The zero-order valence-electron chi connectivity index (χ0n) is 11.8. The van der Waals surface area contributed by atoms with E-state index in [1.54, 1.807) is 0 Å². The van der Waals surface area contributed by atoms with Crippen LogP contribution in [0, 0.1) is 0 Å². The van der Waals surface area contributed by atoms with Crippen LogP contribution in [0.15, 0.2) is 24.3 Å². The molecule has 1 aliphatic rings. The van der Waals surface area contributed by atoms with Crippen LogP contribution >= 0.6 is 22.9 Å². The molecule has 0 saturated carbocycles. The Morgan fingerprint density at radius 3 is 2.60 bits per heavy atom. The first kappa shape index (κ1) is 14.1. The largest absolute Gasteiger partial charge is 0.302 e. The van der Waals surface area contributed by atoms with Gasteiger partial charge >= 0.3 is 0 Å². The molecule has 1 unspecified atom stereocenters. The van der Waals surface area contributed by atoms with Crippen molar-refractivity contribution in [2.75, 3.05) is 0 Å². The molecule has 20 heavy (non-hydrogen) atoms. The summed E-state index contributed by atoms with van der Waals surface area (Å²) in [5.74, 6) is 0. The van der Waals surface area contributed by atoms with Gasteiger partial charge in [0, 0.05) is 15.9 Å². The predicted octanol–water partition coefficient (Wildman–Crippen LogP) is 4.37. The summed E-state index contributed by atoms with van der Waals surface area (Å²) in [5.41, 5.74) is 2.55. The fourth-order valence-corrected chi connectivity index (χ4v) is 4.00. The van der Waals surface area contributed by atoms with Crippen molar-refractivity contribution < 1.29 is 0 Å². The van der Waals surface area contributed by atoms with Gasteiger partial charge < -0.3 is 5.32 Å². The Morgan fingerprint density at radius 1 is 1.20 bits per heavy atom. The Labute approximate surface area is 129 Å². The molecule has 0 amide bonds. The highest BCUT2D eigenvalue weighted by Crippen LogP contribution is 2.33. The smallest absolute Gasteiger partial charge is 0.115 e. The second-order valence-electron chi connectivity index (χ2n) is 5.58. The number of rotatable bonds is 4. The van der Waals surface area contributed by atoms with Gasteiger partial charge in [0.25, 0.3) is 0 Å². The monoisotopic (exact) mass is 306 g/mol. The van der Waals surface area contributed by atoms with Crippen LogP contribution in [0.2, 0.25) is 5.02 Å². The number of nitrogens with one attached hydrogen (secondary N) is 1. The molecule has 0 fully saturated rings. The van der Waals surface area contributed by atoms with Gasteiger partial charge in [0.1, 0.15) is 5.01 Å². The lowest BCUT2D eigenvalue weighted by Crippen LogP contribution is -2.28. The lowest BCUT2D eigenvalue weighted by Gasteiger charge is -2.20. The molecule has 1 N–H and O–H groups in total. The number of hydrogen-bond donors (Lipinski definition) is 1. The van der Waals surface area contributed by atoms with E-state index in [1.807, 2.05) is 23.5 Å².